The van der Waals surface area contributed by atoms with Gasteiger partial charge in [0.2, 0.25) is 0 Å². The third kappa shape index (κ3) is 3.00. The molecule has 21 heavy (non-hydrogen) atoms. The molecule has 1 aromatic heterocycles. The molecule has 1 aliphatic carbocycles. The topological polar surface area (TPSA) is 32.8 Å². The van der Waals surface area contributed by atoms with E-state index < -0.39 is 0 Å². The Morgan fingerprint density at radius 1 is 1.33 bits per heavy atom. The van der Waals surface area contributed by atoms with Crippen molar-refractivity contribution in [1.29, 1.82) is 0 Å². The highest BCUT2D eigenvalue weighted by molar-refractivity contribution is 7.12. The van der Waals surface area contributed by atoms with Crippen molar-refractivity contribution in [2.75, 3.05) is 32.8 Å². The zero-order valence-corrected chi connectivity index (χ0v) is 13.1. The average Bonchev–Trinajstić information content (AvgIpc) is 3.02. The normalized spacial score (nSPS) is 29.6. The third-order valence-corrected chi connectivity index (χ3v) is 5.72. The zero-order chi connectivity index (χ0) is 14.2. The molecule has 0 unspecified atom stereocenters. The van der Waals surface area contributed by atoms with Gasteiger partial charge in [0.15, 0.2) is 0 Å². The molecule has 1 saturated carbocycles. The number of rotatable bonds is 4. The molecule has 0 N–H and O–H groups in total. The largest absolute Gasteiger partial charge is 0.377 e. The first-order valence-electron chi connectivity index (χ1n) is 7.98. The molecule has 0 aromatic carbocycles. The Labute approximate surface area is 129 Å². The SMILES string of the molecule is O=C(c1cccs1)N1CCN2C[C@H](OCC3CC3)C[C@H]2C1. The summed E-state index contributed by atoms with van der Waals surface area (Å²) in [7, 11) is 0. The van der Waals surface area contributed by atoms with E-state index in [1.54, 1.807) is 0 Å². The van der Waals surface area contributed by atoms with Gasteiger partial charge >= 0.3 is 0 Å². The maximum atomic E-state index is 12.4. The van der Waals surface area contributed by atoms with Gasteiger partial charge in [-0.3, -0.25) is 9.69 Å². The standard InChI is InChI=1S/C16H22N2O2S/c19-16(15-2-1-7-21-15)18-6-5-17-10-14(8-13(17)9-18)20-11-12-3-4-12/h1-2,7,12-14H,3-6,8-11H2/t13-,14+/m0/s1. The van der Waals surface area contributed by atoms with E-state index in [2.05, 4.69) is 4.90 Å². The number of hydrogen-bond acceptors (Lipinski definition) is 4. The van der Waals surface area contributed by atoms with Crippen molar-refractivity contribution in [2.45, 2.75) is 31.4 Å². The molecule has 1 aromatic rings. The van der Waals surface area contributed by atoms with Crippen molar-refractivity contribution in [1.82, 2.24) is 9.80 Å². The lowest BCUT2D eigenvalue weighted by atomic mass is 10.1. The first-order chi connectivity index (χ1) is 10.3. The Kier molecular flexibility index (Phi) is 3.73. The Morgan fingerprint density at radius 3 is 3.00 bits per heavy atom. The highest BCUT2D eigenvalue weighted by Crippen LogP contribution is 2.31. The number of nitrogens with zero attached hydrogens (tertiary/aromatic N) is 2. The predicted molar refractivity (Wildman–Crippen MR) is 82.7 cm³/mol. The zero-order valence-electron chi connectivity index (χ0n) is 12.2. The van der Waals surface area contributed by atoms with Crippen LogP contribution in [0.2, 0.25) is 0 Å². The number of hydrogen-bond donors (Lipinski definition) is 0. The minimum absolute atomic E-state index is 0.201. The molecule has 2 aliphatic heterocycles. The molecule has 4 nitrogen and oxygen atoms in total. The van der Waals surface area contributed by atoms with Crippen LogP contribution in [-0.2, 0) is 4.74 Å². The summed E-state index contributed by atoms with van der Waals surface area (Å²) in [6.07, 6.45) is 4.17. The summed E-state index contributed by atoms with van der Waals surface area (Å²) in [6, 6.07) is 4.37. The Bertz CT molecular complexity index is 500. The number of ether oxygens (including phenoxy) is 1. The van der Waals surface area contributed by atoms with Gasteiger partial charge in [0, 0.05) is 38.8 Å². The quantitative estimate of drug-likeness (QED) is 0.854. The summed E-state index contributed by atoms with van der Waals surface area (Å²) in [5.41, 5.74) is 0. The number of thiophene rings is 1. The van der Waals surface area contributed by atoms with Crippen molar-refractivity contribution >= 4 is 17.2 Å². The van der Waals surface area contributed by atoms with Gasteiger partial charge in [0.1, 0.15) is 0 Å². The first-order valence-corrected chi connectivity index (χ1v) is 8.86. The van der Waals surface area contributed by atoms with E-state index in [0.717, 1.165) is 50.0 Å². The van der Waals surface area contributed by atoms with Crippen LogP contribution in [0.5, 0.6) is 0 Å². The van der Waals surface area contributed by atoms with E-state index in [1.165, 1.54) is 24.2 Å². The van der Waals surface area contributed by atoms with Crippen LogP contribution in [-0.4, -0.2) is 60.6 Å². The minimum atomic E-state index is 0.201. The van der Waals surface area contributed by atoms with E-state index in [-0.39, 0.29) is 5.91 Å². The van der Waals surface area contributed by atoms with E-state index in [9.17, 15) is 4.79 Å². The summed E-state index contributed by atoms with van der Waals surface area (Å²) in [4.78, 5) is 17.8. The molecule has 0 radical (unpaired) electrons. The van der Waals surface area contributed by atoms with E-state index in [0.29, 0.717) is 12.1 Å². The van der Waals surface area contributed by atoms with Crippen LogP contribution in [0.3, 0.4) is 0 Å². The number of fused-ring (bicyclic) bond motifs is 1. The molecule has 3 heterocycles. The number of carbonyl (C=O) groups is 1. The molecule has 0 bridgehead atoms. The fourth-order valence-electron chi connectivity index (χ4n) is 3.41. The van der Waals surface area contributed by atoms with Crippen molar-refractivity contribution < 1.29 is 9.53 Å². The summed E-state index contributed by atoms with van der Waals surface area (Å²) >= 11 is 1.54. The van der Waals surface area contributed by atoms with Crippen LogP contribution in [0.15, 0.2) is 17.5 Å². The second-order valence-electron chi connectivity index (χ2n) is 6.51. The van der Waals surface area contributed by atoms with E-state index >= 15 is 0 Å². The molecule has 1 amide bonds. The molecule has 0 spiro atoms. The number of amides is 1. The number of carbonyl (C=O) groups excluding carboxylic acids is 1. The lowest BCUT2D eigenvalue weighted by Gasteiger charge is -2.37. The van der Waals surface area contributed by atoms with Gasteiger partial charge in [-0.2, -0.15) is 0 Å². The second-order valence-corrected chi connectivity index (χ2v) is 7.46. The van der Waals surface area contributed by atoms with Crippen LogP contribution >= 0.6 is 11.3 Å². The van der Waals surface area contributed by atoms with Crippen molar-refractivity contribution in [3.05, 3.63) is 22.4 Å². The van der Waals surface area contributed by atoms with Crippen LogP contribution < -0.4 is 0 Å². The van der Waals surface area contributed by atoms with Crippen LogP contribution in [0.4, 0.5) is 0 Å². The van der Waals surface area contributed by atoms with Crippen LogP contribution in [0.1, 0.15) is 28.9 Å². The van der Waals surface area contributed by atoms with Gasteiger partial charge < -0.3 is 9.64 Å². The van der Waals surface area contributed by atoms with Crippen molar-refractivity contribution in [3.63, 3.8) is 0 Å². The third-order valence-electron chi connectivity index (χ3n) is 4.86. The fourth-order valence-corrected chi connectivity index (χ4v) is 4.11. The monoisotopic (exact) mass is 306 g/mol. The van der Waals surface area contributed by atoms with Gasteiger partial charge in [-0.1, -0.05) is 6.07 Å². The average molecular weight is 306 g/mol. The van der Waals surface area contributed by atoms with Gasteiger partial charge in [-0.05, 0) is 36.6 Å². The maximum absolute atomic E-state index is 12.4. The number of piperazine rings is 1. The summed E-state index contributed by atoms with van der Waals surface area (Å²) in [5, 5.41) is 1.97. The highest BCUT2D eigenvalue weighted by Gasteiger charge is 2.38. The van der Waals surface area contributed by atoms with Crippen LogP contribution in [0.25, 0.3) is 0 Å². The highest BCUT2D eigenvalue weighted by atomic mass is 32.1. The first kappa shape index (κ1) is 13.7. The molecular formula is C16H22N2O2S. The minimum Gasteiger partial charge on any atom is -0.377 e. The summed E-state index contributed by atoms with van der Waals surface area (Å²) < 4.78 is 6.04. The molecule has 3 fully saturated rings. The van der Waals surface area contributed by atoms with Crippen LogP contribution in [0, 0.1) is 5.92 Å². The second kappa shape index (κ2) is 5.71. The predicted octanol–water partition coefficient (Wildman–Crippen LogP) is 2.07. The molecule has 2 saturated heterocycles. The Hall–Kier alpha value is -0.910. The molecule has 3 aliphatic rings. The van der Waals surface area contributed by atoms with Gasteiger partial charge in [0.25, 0.3) is 5.91 Å². The maximum Gasteiger partial charge on any atom is 0.264 e. The molecule has 2 atom stereocenters. The summed E-state index contributed by atoms with van der Waals surface area (Å²) in [5.74, 6) is 1.03. The van der Waals surface area contributed by atoms with Gasteiger partial charge in [0.05, 0.1) is 11.0 Å². The lowest BCUT2D eigenvalue weighted by Crippen LogP contribution is -2.51. The van der Waals surface area contributed by atoms with Gasteiger partial charge in [-0.25, -0.2) is 0 Å². The Balaban J connectivity index is 1.33. The fraction of sp³-hybridized carbons (Fsp3) is 0.688. The molecular weight excluding hydrogens is 284 g/mol. The summed E-state index contributed by atoms with van der Waals surface area (Å²) in [6.45, 7) is 4.70. The molecule has 4 rings (SSSR count). The molecule has 114 valence electrons. The molecule has 5 heteroatoms. The lowest BCUT2D eigenvalue weighted by molar-refractivity contribution is 0.0494. The Morgan fingerprint density at radius 2 is 2.24 bits per heavy atom. The van der Waals surface area contributed by atoms with E-state index in [1.807, 2.05) is 22.4 Å². The smallest absolute Gasteiger partial charge is 0.264 e. The van der Waals surface area contributed by atoms with Crippen molar-refractivity contribution in [3.8, 4) is 0 Å². The van der Waals surface area contributed by atoms with Crippen molar-refractivity contribution in [2.24, 2.45) is 5.92 Å². The van der Waals surface area contributed by atoms with Gasteiger partial charge in [-0.15, -0.1) is 11.3 Å². The van der Waals surface area contributed by atoms with E-state index in [4.69, 9.17) is 4.74 Å².